The zero-order valence-electron chi connectivity index (χ0n) is 31.6. The molecule has 4 atom stereocenters. The van der Waals surface area contributed by atoms with Gasteiger partial charge in [-0.25, -0.2) is 14.6 Å². The lowest BCUT2D eigenvalue weighted by molar-refractivity contribution is -0.209. The molecule has 2 aliphatic rings. The van der Waals surface area contributed by atoms with Crippen molar-refractivity contribution in [3.63, 3.8) is 0 Å². The number of benzene rings is 2. The van der Waals surface area contributed by atoms with Gasteiger partial charge in [0.15, 0.2) is 23.1 Å². The van der Waals surface area contributed by atoms with Crippen LogP contribution in [0.15, 0.2) is 67.0 Å². The molecule has 1 saturated heterocycles. The van der Waals surface area contributed by atoms with Crippen molar-refractivity contribution in [2.24, 2.45) is 0 Å². The third-order valence-electron chi connectivity index (χ3n) is 9.91. The van der Waals surface area contributed by atoms with Gasteiger partial charge in [-0.3, -0.25) is 4.79 Å². The molecule has 1 aliphatic heterocycles. The number of piperidine rings is 1. The third kappa shape index (κ3) is 9.49. The van der Waals surface area contributed by atoms with Crippen LogP contribution in [0.5, 0.6) is 0 Å². The van der Waals surface area contributed by atoms with Gasteiger partial charge in [-0.1, -0.05) is 67.6 Å². The number of carbonyl (C=O) groups is 3. The minimum atomic E-state index is -5.31. The van der Waals surface area contributed by atoms with Crippen molar-refractivity contribution in [3.05, 3.63) is 78.1 Å². The summed E-state index contributed by atoms with van der Waals surface area (Å²) in [6.45, 7) is 8.31. The fourth-order valence-electron chi connectivity index (χ4n) is 7.17. The molecule has 1 saturated carbocycles. The van der Waals surface area contributed by atoms with Gasteiger partial charge in [-0.2, -0.15) is 23.1 Å². The summed E-state index contributed by atoms with van der Waals surface area (Å²) in [4.78, 5) is 53.2. The maximum Gasteiger partial charge on any atom is 0.490 e. The molecule has 2 fully saturated rings. The monoisotopic (exact) mass is 780 g/mol. The van der Waals surface area contributed by atoms with E-state index in [1.54, 1.807) is 27.7 Å². The zero-order valence-corrected chi connectivity index (χ0v) is 31.6. The summed E-state index contributed by atoms with van der Waals surface area (Å²) in [6.07, 6.45) is -6.68. The first-order valence-electron chi connectivity index (χ1n) is 18.7. The number of nitrogens with zero attached hydrogens (tertiary/aromatic N) is 5. The Labute approximate surface area is 322 Å². The van der Waals surface area contributed by atoms with Crippen LogP contribution in [0.1, 0.15) is 76.5 Å². The summed E-state index contributed by atoms with van der Waals surface area (Å²) in [6, 6.07) is 17.7. The Balaban J connectivity index is 1.34. The summed E-state index contributed by atoms with van der Waals surface area (Å²) in [7, 11) is 0. The average molecular weight is 781 g/mol. The Kier molecular flexibility index (Phi) is 12.0. The molecule has 2 amide bonds. The van der Waals surface area contributed by atoms with Gasteiger partial charge in [0.2, 0.25) is 11.9 Å². The highest BCUT2D eigenvalue weighted by Gasteiger charge is 2.51. The highest BCUT2D eigenvalue weighted by molar-refractivity contribution is 5.85. The smallest absolute Gasteiger partial charge is 0.451 e. The van der Waals surface area contributed by atoms with E-state index in [0.717, 1.165) is 11.1 Å². The standard InChI is InChI=1S/C39H47F3N8O6/c1-5-29(51)46-27-20-28(31(52)32(27)55-35(53)39(40,41)42)50-22-44-30-33(43-21-26(23-12-8-6-9-13-23)24-14-10-7-11-15-24)47-36(48-34(30)50)49-18-16-25(17-19-49)45-37(54)56-38(2,3)4/h6-15,22,25-28,31-32,52H,5,16-21H2,1-4H3,(H,45,54)(H,46,51)(H,43,47,48)/t27-,28+,31-,32+/m0/s1. The van der Waals surface area contributed by atoms with Crippen molar-refractivity contribution in [3.8, 4) is 0 Å². The SMILES string of the molecule is CCC(=O)N[C@H]1C[C@@H](n2cnc3c(NCC(c4ccccc4)c4ccccc4)nc(N4CCC(NC(=O)OC(C)(C)C)CC4)nc32)[C@H](O)[C@@H]1OC(=O)C(F)(F)F. The number of nitrogens with one attached hydrogen (secondary N) is 3. The number of anilines is 2. The molecule has 3 heterocycles. The van der Waals surface area contributed by atoms with E-state index in [1.807, 2.05) is 65.6 Å². The summed E-state index contributed by atoms with van der Waals surface area (Å²) in [5, 5.41) is 20.5. The minimum Gasteiger partial charge on any atom is -0.451 e. The van der Waals surface area contributed by atoms with Crippen molar-refractivity contribution in [1.29, 1.82) is 0 Å². The van der Waals surface area contributed by atoms with Gasteiger partial charge in [-0.05, 0) is 51.2 Å². The Hall–Kier alpha value is -5.45. The molecule has 6 rings (SSSR count). The van der Waals surface area contributed by atoms with Crippen LogP contribution in [0.4, 0.5) is 29.7 Å². The Bertz CT molecular complexity index is 1940. The first kappa shape index (κ1) is 40.2. The van der Waals surface area contributed by atoms with Gasteiger partial charge in [0.25, 0.3) is 0 Å². The first-order valence-corrected chi connectivity index (χ1v) is 18.7. The third-order valence-corrected chi connectivity index (χ3v) is 9.91. The van der Waals surface area contributed by atoms with Crippen LogP contribution in [-0.4, -0.2) is 98.3 Å². The molecule has 2 aromatic carbocycles. The van der Waals surface area contributed by atoms with Gasteiger partial charge >= 0.3 is 18.2 Å². The average Bonchev–Trinajstić information content (AvgIpc) is 3.71. The van der Waals surface area contributed by atoms with Crippen LogP contribution >= 0.6 is 0 Å². The highest BCUT2D eigenvalue weighted by atomic mass is 19.4. The highest BCUT2D eigenvalue weighted by Crippen LogP contribution is 2.38. The predicted octanol–water partition coefficient (Wildman–Crippen LogP) is 5.24. The van der Waals surface area contributed by atoms with Crippen LogP contribution in [0.3, 0.4) is 0 Å². The number of aliphatic hydroxyl groups excluding tert-OH is 1. The number of ether oxygens (including phenoxy) is 2. The van der Waals surface area contributed by atoms with Gasteiger partial charge in [0.05, 0.1) is 18.4 Å². The van der Waals surface area contributed by atoms with Gasteiger partial charge in [0.1, 0.15) is 11.7 Å². The number of fused-ring (bicyclic) bond motifs is 1. The van der Waals surface area contributed by atoms with Crippen LogP contribution in [0, 0.1) is 0 Å². The van der Waals surface area contributed by atoms with E-state index in [1.165, 1.54) is 10.9 Å². The molecular formula is C39H47F3N8O6. The second-order valence-corrected chi connectivity index (χ2v) is 15.0. The number of aromatic nitrogens is 4. The van der Waals surface area contributed by atoms with E-state index in [4.69, 9.17) is 19.4 Å². The topological polar surface area (TPSA) is 173 Å². The zero-order chi connectivity index (χ0) is 40.2. The predicted molar refractivity (Wildman–Crippen MR) is 201 cm³/mol. The molecule has 0 spiro atoms. The molecule has 2 aromatic heterocycles. The second-order valence-electron chi connectivity index (χ2n) is 15.0. The minimum absolute atomic E-state index is 0.0216. The molecule has 0 unspecified atom stereocenters. The molecule has 0 bridgehead atoms. The lowest BCUT2D eigenvalue weighted by Crippen LogP contribution is -2.47. The molecule has 4 N–H and O–H groups in total. The number of aliphatic hydroxyl groups is 1. The van der Waals surface area contributed by atoms with E-state index in [-0.39, 0.29) is 30.4 Å². The number of halogens is 3. The van der Waals surface area contributed by atoms with E-state index in [2.05, 4.69) is 20.9 Å². The molecule has 56 heavy (non-hydrogen) atoms. The number of hydrogen-bond donors (Lipinski definition) is 4. The number of amides is 2. The second kappa shape index (κ2) is 16.7. The lowest BCUT2D eigenvalue weighted by atomic mass is 9.91. The van der Waals surface area contributed by atoms with Crippen LogP contribution in [-0.2, 0) is 19.1 Å². The number of rotatable bonds is 11. The quantitative estimate of drug-likeness (QED) is 0.147. The number of alkyl carbamates (subject to hydrolysis) is 1. The van der Waals surface area contributed by atoms with Crippen LogP contribution in [0.25, 0.3) is 11.2 Å². The van der Waals surface area contributed by atoms with Crippen molar-refractivity contribution in [2.75, 3.05) is 29.9 Å². The van der Waals surface area contributed by atoms with Crippen molar-refractivity contribution < 1.29 is 42.1 Å². The number of carbonyl (C=O) groups excluding carboxylic acids is 3. The molecule has 14 nitrogen and oxygen atoms in total. The Morgan fingerprint density at radius 2 is 1.57 bits per heavy atom. The summed E-state index contributed by atoms with van der Waals surface area (Å²) in [5.41, 5.74) is 2.10. The summed E-state index contributed by atoms with van der Waals surface area (Å²) >= 11 is 0. The van der Waals surface area contributed by atoms with E-state index >= 15 is 0 Å². The van der Waals surface area contributed by atoms with E-state index in [9.17, 15) is 32.7 Å². The molecule has 300 valence electrons. The fourth-order valence-corrected chi connectivity index (χ4v) is 7.17. The van der Waals surface area contributed by atoms with Crippen LogP contribution < -0.4 is 20.9 Å². The van der Waals surface area contributed by atoms with Crippen molar-refractivity contribution in [2.45, 2.75) is 101 Å². The summed E-state index contributed by atoms with van der Waals surface area (Å²) < 4.78 is 51.7. The molecule has 17 heteroatoms. The van der Waals surface area contributed by atoms with Gasteiger partial charge in [0, 0.05) is 38.0 Å². The van der Waals surface area contributed by atoms with Crippen molar-refractivity contribution >= 4 is 40.9 Å². The van der Waals surface area contributed by atoms with Gasteiger partial charge in [-0.15, -0.1) is 0 Å². The first-order chi connectivity index (χ1) is 26.6. The number of alkyl halides is 3. The maximum atomic E-state index is 13.3. The van der Waals surface area contributed by atoms with Crippen LogP contribution in [0.2, 0.25) is 0 Å². The van der Waals surface area contributed by atoms with E-state index < -0.39 is 54.0 Å². The Morgan fingerprint density at radius 3 is 2.14 bits per heavy atom. The van der Waals surface area contributed by atoms with Gasteiger partial charge < -0.3 is 40.0 Å². The molecular weight excluding hydrogens is 733 g/mol. The number of hydrogen-bond acceptors (Lipinski definition) is 11. The lowest BCUT2D eigenvalue weighted by Gasteiger charge is -2.33. The molecule has 0 radical (unpaired) electrons. The molecule has 1 aliphatic carbocycles. The molecule has 4 aromatic rings. The maximum absolute atomic E-state index is 13.3. The van der Waals surface area contributed by atoms with Crippen molar-refractivity contribution in [1.82, 2.24) is 30.2 Å². The normalized spacial score (nSPS) is 20.6. The van der Waals surface area contributed by atoms with E-state index in [0.29, 0.717) is 49.8 Å². The Morgan fingerprint density at radius 1 is 0.946 bits per heavy atom. The fraction of sp³-hybridized carbons (Fsp3) is 0.487. The number of imidazole rings is 1. The number of esters is 1. The largest absolute Gasteiger partial charge is 0.490 e. The summed E-state index contributed by atoms with van der Waals surface area (Å²) in [5.74, 6) is -2.33.